The number of fused-ring (bicyclic) bond motifs is 3. The molecule has 5 rings (SSSR count). The summed E-state index contributed by atoms with van der Waals surface area (Å²) in [5.41, 5.74) is 1.79. The number of hydrogen-bond acceptors (Lipinski definition) is 6. The summed E-state index contributed by atoms with van der Waals surface area (Å²) in [5, 5.41) is 4.10. The maximum Gasteiger partial charge on any atom is 0.328 e. The highest BCUT2D eigenvalue weighted by atomic mass is 35.5. The summed E-state index contributed by atoms with van der Waals surface area (Å²) in [6, 6.07) is 14.5. The lowest BCUT2D eigenvalue weighted by molar-refractivity contribution is -0.139. The third-order valence-electron chi connectivity index (χ3n) is 6.78. The second kappa shape index (κ2) is 8.52. The molecule has 1 N–H and O–H groups in total. The molecular formula is C24H28ClN5O3. The van der Waals surface area contributed by atoms with Crippen LogP contribution in [0.1, 0.15) is 12.5 Å². The van der Waals surface area contributed by atoms with Crippen molar-refractivity contribution >= 4 is 29.2 Å². The molecule has 8 nitrogen and oxygen atoms in total. The molecule has 0 aromatic heterocycles. The minimum Gasteiger partial charge on any atom is -0.497 e. The molecule has 3 heterocycles. The molecule has 3 amide bonds. The second-order valence-electron chi connectivity index (χ2n) is 8.99. The molecule has 3 aliphatic heterocycles. The Bertz CT molecular complexity index is 1060. The summed E-state index contributed by atoms with van der Waals surface area (Å²) in [7, 11) is 3.40. The number of nitrogens with zero attached hydrogens (tertiary/aromatic N) is 4. The Balaban J connectivity index is 1.45. The van der Waals surface area contributed by atoms with Crippen LogP contribution in [0, 0.1) is 5.92 Å². The fraction of sp³-hybridized carbons (Fsp3) is 0.417. The summed E-state index contributed by atoms with van der Waals surface area (Å²) in [6.07, 6.45) is -0.590. The smallest absolute Gasteiger partial charge is 0.328 e. The highest BCUT2D eigenvalue weighted by molar-refractivity contribution is 6.31. The molecule has 0 aliphatic carbocycles. The van der Waals surface area contributed by atoms with E-state index in [9.17, 15) is 9.59 Å². The van der Waals surface area contributed by atoms with Crippen LogP contribution in [0.15, 0.2) is 48.5 Å². The van der Waals surface area contributed by atoms with E-state index < -0.39 is 12.2 Å². The first-order valence-electron chi connectivity index (χ1n) is 11.1. The van der Waals surface area contributed by atoms with Crippen molar-refractivity contribution in [2.24, 2.45) is 5.92 Å². The van der Waals surface area contributed by atoms with Gasteiger partial charge < -0.3 is 14.5 Å². The first kappa shape index (κ1) is 22.0. The SMILES string of the molecule is COc1ccc(N2CC(C)CN3C4C(=O)N(Cc5ccccc5Cl)C(=O)N(C)C4NC23)cc1. The van der Waals surface area contributed by atoms with Crippen molar-refractivity contribution in [2.75, 3.05) is 32.1 Å². The summed E-state index contributed by atoms with van der Waals surface area (Å²) in [4.78, 5) is 34.3. The number of imide groups is 1. The van der Waals surface area contributed by atoms with Crippen molar-refractivity contribution < 1.29 is 14.3 Å². The number of likely N-dealkylation sites (N-methyl/N-ethyl adjacent to an activating group) is 1. The second-order valence-corrected chi connectivity index (χ2v) is 9.40. The monoisotopic (exact) mass is 469 g/mol. The quantitative estimate of drug-likeness (QED) is 0.742. The minimum absolute atomic E-state index is 0.154. The van der Waals surface area contributed by atoms with Gasteiger partial charge >= 0.3 is 6.03 Å². The van der Waals surface area contributed by atoms with Gasteiger partial charge in [-0.15, -0.1) is 0 Å². The zero-order valence-corrected chi connectivity index (χ0v) is 19.7. The van der Waals surface area contributed by atoms with Crippen LogP contribution < -0.4 is 15.0 Å². The van der Waals surface area contributed by atoms with Crippen LogP contribution in [0.25, 0.3) is 0 Å². The van der Waals surface area contributed by atoms with Gasteiger partial charge in [0.2, 0.25) is 0 Å². The van der Waals surface area contributed by atoms with Gasteiger partial charge in [-0.25, -0.2) is 4.79 Å². The van der Waals surface area contributed by atoms with Crippen molar-refractivity contribution in [1.82, 2.24) is 20.0 Å². The van der Waals surface area contributed by atoms with Crippen LogP contribution in [-0.4, -0.2) is 72.4 Å². The molecule has 0 bridgehead atoms. The predicted octanol–water partition coefficient (Wildman–Crippen LogP) is 2.78. The van der Waals surface area contributed by atoms with Crippen molar-refractivity contribution in [3.63, 3.8) is 0 Å². The van der Waals surface area contributed by atoms with Crippen LogP contribution in [0.5, 0.6) is 5.75 Å². The number of halogens is 1. The largest absolute Gasteiger partial charge is 0.497 e. The minimum atomic E-state index is -0.469. The van der Waals surface area contributed by atoms with Gasteiger partial charge in [0.15, 0.2) is 0 Å². The summed E-state index contributed by atoms with van der Waals surface area (Å²) < 4.78 is 5.30. The third kappa shape index (κ3) is 3.72. The Morgan fingerprint density at radius 2 is 1.82 bits per heavy atom. The van der Waals surface area contributed by atoms with Crippen molar-refractivity contribution in [3.8, 4) is 5.75 Å². The lowest BCUT2D eigenvalue weighted by atomic mass is 10.0. The first-order valence-corrected chi connectivity index (χ1v) is 11.5. The van der Waals surface area contributed by atoms with Gasteiger partial charge in [-0.3, -0.25) is 19.9 Å². The average molecular weight is 470 g/mol. The number of hydrogen-bond donors (Lipinski definition) is 1. The van der Waals surface area contributed by atoms with E-state index in [1.807, 2.05) is 42.5 Å². The fourth-order valence-corrected chi connectivity index (χ4v) is 5.33. The third-order valence-corrected chi connectivity index (χ3v) is 7.14. The first-order chi connectivity index (χ1) is 15.9. The maximum absolute atomic E-state index is 13.7. The molecule has 3 fully saturated rings. The number of benzene rings is 2. The van der Waals surface area contributed by atoms with Gasteiger partial charge in [0.1, 0.15) is 24.2 Å². The topological polar surface area (TPSA) is 68.4 Å². The molecule has 0 saturated carbocycles. The summed E-state index contributed by atoms with van der Waals surface area (Å²) in [5.74, 6) is 0.947. The zero-order chi connectivity index (χ0) is 23.3. The van der Waals surface area contributed by atoms with Crippen LogP contribution in [-0.2, 0) is 11.3 Å². The number of amides is 3. The molecular weight excluding hydrogens is 442 g/mol. The van der Waals surface area contributed by atoms with Crippen molar-refractivity contribution in [3.05, 3.63) is 59.1 Å². The van der Waals surface area contributed by atoms with Gasteiger partial charge in [0, 0.05) is 30.8 Å². The molecule has 0 spiro atoms. The normalized spacial score (nSPS) is 27.6. The highest BCUT2D eigenvalue weighted by Gasteiger charge is 2.56. The molecule has 9 heteroatoms. The molecule has 4 unspecified atom stereocenters. The lowest BCUT2D eigenvalue weighted by Crippen LogP contribution is -2.66. The predicted molar refractivity (Wildman–Crippen MR) is 126 cm³/mol. The Morgan fingerprint density at radius 1 is 1.09 bits per heavy atom. The lowest BCUT2D eigenvalue weighted by Gasteiger charge is -2.46. The molecule has 2 aromatic carbocycles. The molecule has 0 radical (unpaired) electrons. The molecule has 2 aromatic rings. The maximum atomic E-state index is 13.7. The van der Waals surface area contributed by atoms with Gasteiger partial charge in [-0.2, -0.15) is 0 Å². The van der Waals surface area contributed by atoms with Crippen LogP contribution in [0.3, 0.4) is 0 Å². The van der Waals surface area contributed by atoms with E-state index in [2.05, 4.69) is 22.0 Å². The summed E-state index contributed by atoms with van der Waals surface area (Å²) >= 11 is 6.32. The Hall–Kier alpha value is -2.81. The summed E-state index contributed by atoms with van der Waals surface area (Å²) in [6.45, 7) is 3.94. The van der Waals surface area contributed by atoms with Gasteiger partial charge in [0.25, 0.3) is 5.91 Å². The molecule has 174 valence electrons. The molecule has 3 saturated heterocycles. The van der Waals surface area contributed by atoms with Crippen LogP contribution in [0.2, 0.25) is 5.02 Å². The molecule has 33 heavy (non-hydrogen) atoms. The van der Waals surface area contributed by atoms with Crippen molar-refractivity contribution in [2.45, 2.75) is 32.0 Å². The fourth-order valence-electron chi connectivity index (χ4n) is 5.14. The van der Waals surface area contributed by atoms with Crippen LogP contribution >= 0.6 is 11.6 Å². The van der Waals surface area contributed by atoms with E-state index >= 15 is 0 Å². The number of carbonyl (C=O) groups is 2. The number of anilines is 1. The van der Waals surface area contributed by atoms with E-state index in [0.29, 0.717) is 10.9 Å². The van der Waals surface area contributed by atoms with Gasteiger partial charge in [-0.05, 0) is 41.8 Å². The van der Waals surface area contributed by atoms with Crippen LogP contribution in [0.4, 0.5) is 10.5 Å². The Morgan fingerprint density at radius 3 is 2.52 bits per heavy atom. The molecule has 4 atom stereocenters. The molecule has 3 aliphatic rings. The number of carbonyl (C=O) groups excluding carboxylic acids is 2. The number of nitrogens with one attached hydrogen (secondary N) is 1. The van der Waals surface area contributed by atoms with E-state index in [1.54, 1.807) is 25.1 Å². The van der Waals surface area contributed by atoms with E-state index in [0.717, 1.165) is 30.1 Å². The van der Waals surface area contributed by atoms with Gasteiger partial charge in [0.05, 0.1) is 13.7 Å². The number of methoxy groups -OCH3 is 1. The van der Waals surface area contributed by atoms with E-state index in [-0.39, 0.29) is 24.8 Å². The number of rotatable bonds is 4. The number of ether oxygens (including phenoxy) is 1. The van der Waals surface area contributed by atoms with Crippen molar-refractivity contribution in [1.29, 1.82) is 0 Å². The Labute approximate surface area is 198 Å². The zero-order valence-electron chi connectivity index (χ0n) is 18.9. The highest BCUT2D eigenvalue weighted by Crippen LogP contribution is 2.35. The standard InChI is InChI=1S/C24H28ClN5O3/c1-15-12-28(17-8-10-18(33-3)11-9-17)23-26-21-20(29(23)13-15)22(31)30(24(32)27(21)2)14-16-6-4-5-7-19(16)25/h4-11,15,20-21,23,26H,12-14H2,1-3H3. The van der Waals surface area contributed by atoms with Gasteiger partial charge in [-0.1, -0.05) is 36.7 Å². The number of urea groups is 1. The Kier molecular flexibility index (Phi) is 5.68. The van der Waals surface area contributed by atoms with E-state index in [4.69, 9.17) is 16.3 Å². The average Bonchev–Trinajstić information content (AvgIpc) is 3.20. The van der Waals surface area contributed by atoms with E-state index in [1.165, 1.54) is 4.90 Å².